The summed E-state index contributed by atoms with van der Waals surface area (Å²) in [5, 5.41) is 9.60. The highest BCUT2D eigenvalue weighted by Gasteiger charge is 2.06. The molecule has 14 heavy (non-hydrogen) atoms. The highest BCUT2D eigenvalue weighted by molar-refractivity contribution is 7.10. The van der Waals surface area contributed by atoms with Crippen molar-refractivity contribution in [1.29, 1.82) is 0 Å². The first-order valence-electron chi connectivity index (χ1n) is 4.18. The number of hydrogen-bond donors (Lipinski definition) is 2. The standard InChI is InChI=1S/C8H12N4OS/c1-3-4-6(2)10-8(13)11-7-5-9-12-14-7/h3,5-6H,1,4H2,2H3,(H2,10,11,13). The molecule has 1 atom stereocenters. The van der Waals surface area contributed by atoms with Gasteiger partial charge in [0, 0.05) is 17.6 Å². The van der Waals surface area contributed by atoms with Gasteiger partial charge in [-0.3, -0.25) is 5.32 Å². The fraction of sp³-hybridized carbons (Fsp3) is 0.375. The first kappa shape index (κ1) is 10.6. The van der Waals surface area contributed by atoms with Gasteiger partial charge in [0.25, 0.3) is 0 Å². The molecular weight excluding hydrogens is 200 g/mol. The molecule has 1 unspecified atom stereocenters. The van der Waals surface area contributed by atoms with E-state index in [1.807, 2.05) is 6.92 Å². The maximum atomic E-state index is 11.3. The number of carbonyl (C=O) groups excluding carboxylic acids is 1. The Labute approximate surface area is 86.4 Å². The number of rotatable bonds is 4. The van der Waals surface area contributed by atoms with Gasteiger partial charge in [0.15, 0.2) is 0 Å². The van der Waals surface area contributed by atoms with E-state index in [0.717, 1.165) is 18.0 Å². The first-order chi connectivity index (χ1) is 6.72. The molecule has 1 rings (SSSR count). The fourth-order valence-corrected chi connectivity index (χ4v) is 1.32. The summed E-state index contributed by atoms with van der Waals surface area (Å²) in [6.45, 7) is 5.50. The highest BCUT2D eigenvalue weighted by Crippen LogP contribution is 2.08. The van der Waals surface area contributed by atoms with Crippen molar-refractivity contribution in [3.63, 3.8) is 0 Å². The van der Waals surface area contributed by atoms with Crippen LogP contribution in [0.15, 0.2) is 18.9 Å². The van der Waals surface area contributed by atoms with Crippen LogP contribution < -0.4 is 10.6 Å². The summed E-state index contributed by atoms with van der Waals surface area (Å²) >= 11 is 1.14. The Kier molecular flexibility index (Phi) is 4.06. The van der Waals surface area contributed by atoms with Crippen molar-refractivity contribution in [2.24, 2.45) is 0 Å². The number of nitrogens with one attached hydrogen (secondary N) is 2. The molecule has 76 valence electrons. The minimum atomic E-state index is -0.245. The van der Waals surface area contributed by atoms with Crippen molar-refractivity contribution < 1.29 is 4.79 Å². The van der Waals surface area contributed by atoms with Crippen LogP contribution in [-0.2, 0) is 0 Å². The van der Waals surface area contributed by atoms with Crippen molar-refractivity contribution in [2.45, 2.75) is 19.4 Å². The number of carbonyl (C=O) groups is 1. The van der Waals surface area contributed by atoms with E-state index in [9.17, 15) is 4.79 Å². The molecule has 0 radical (unpaired) electrons. The molecule has 0 aliphatic heterocycles. The molecule has 0 saturated heterocycles. The average molecular weight is 212 g/mol. The Morgan fingerprint density at radius 3 is 3.21 bits per heavy atom. The zero-order valence-corrected chi connectivity index (χ0v) is 8.67. The molecule has 0 aromatic carbocycles. The number of aromatic nitrogens is 2. The molecule has 0 aliphatic carbocycles. The Balaban J connectivity index is 2.32. The van der Waals surface area contributed by atoms with Gasteiger partial charge in [0.2, 0.25) is 0 Å². The zero-order valence-electron chi connectivity index (χ0n) is 7.86. The van der Waals surface area contributed by atoms with Crippen LogP contribution in [-0.4, -0.2) is 21.7 Å². The molecule has 1 aromatic heterocycles. The van der Waals surface area contributed by atoms with Gasteiger partial charge in [0.1, 0.15) is 5.00 Å². The lowest BCUT2D eigenvalue weighted by atomic mass is 10.2. The fourth-order valence-electron chi connectivity index (χ4n) is 0.903. The van der Waals surface area contributed by atoms with Crippen molar-refractivity contribution in [1.82, 2.24) is 14.9 Å². The molecule has 0 fully saturated rings. The molecule has 6 heteroatoms. The Bertz CT molecular complexity index is 298. The van der Waals surface area contributed by atoms with Gasteiger partial charge in [0.05, 0.1) is 6.20 Å². The first-order valence-corrected chi connectivity index (χ1v) is 4.95. The molecule has 0 bridgehead atoms. The van der Waals surface area contributed by atoms with E-state index in [0.29, 0.717) is 5.00 Å². The summed E-state index contributed by atoms with van der Waals surface area (Å²) < 4.78 is 3.62. The molecule has 2 amide bonds. The lowest BCUT2D eigenvalue weighted by molar-refractivity contribution is 0.249. The van der Waals surface area contributed by atoms with Gasteiger partial charge >= 0.3 is 6.03 Å². The van der Waals surface area contributed by atoms with E-state index in [1.165, 1.54) is 6.20 Å². The van der Waals surface area contributed by atoms with Gasteiger partial charge < -0.3 is 5.32 Å². The van der Waals surface area contributed by atoms with Crippen LogP contribution in [0.3, 0.4) is 0 Å². The van der Waals surface area contributed by atoms with Crippen LogP contribution in [0, 0.1) is 0 Å². The SMILES string of the molecule is C=CCC(C)NC(=O)Nc1cnns1. The second kappa shape index (κ2) is 5.33. The lowest BCUT2D eigenvalue weighted by Crippen LogP contribution is -2.35. The largest absolute Gasteiger partial charge is 0.335 e. The summed E-state index contributed by atoms with van der Waals surface area (Å²) in [7, 11) is 0. The lowest BCUT2D eigenvalue weighted by Gasteiger charge is -2.11. The Morgan fingerprint density at radius 2 is 2.64 bits per heavy atom. The van der Waals surface area contributed by atoms with Gasteiger partial charge in [-0.15, -0.1) is 11.7 Å². The number of amides is 2. The number of nitrogens with zero attached hydrogens (tertiary/aromatic N) is 2. The summed E-state index contributed by atoms with van der Waals surface area (Å²) in [6, 6.07) is -0.168. The second-order valence-corrected chi connectivity index (χ2v) is 3.59. The molecular formula is C8H12N4OS. The Morgan fingerprint density at radius 1 is 1.86 bits per heavy atom. The van der Waals surface area contributed by atoms with E-state index >= 15 is 0 Å². The van der Waals surface area contributed by atoms with Crippen LogP contribution in [0.2, 0.25) is 0 Å². The van der Waals surface area contributed by atoms with Crippen LogP contribution >= 0.6 is 11.5 Å². The molecule has 1 aromatic rings. The summed E-state index contributed by atoms with van der Waals surface area (Å²) in [5.41, 5.74) is 0. The van der Waals surface area contributed by atoms with Crippen molar-refractivity contribution >= 4 is 22.6 Å². The van der Waals surface area contributed by atoms with E-state index in [4.69, 9.17) is 0 Å². The maximum absolute atomic E-state index is 11.3. The third-order valence-corrected chi connectivity index (χ3v) is 2.08. The van der Waals surface area contributed by atoms with E-state index < -0.39 is 0 Å². The van der Waals surface area contributed by atoms with Gasteiger partial charge in [-0.25, -0.2) is 4.79 Å². The second-order valence-electron chi connectivity index (χ2n) is 2.81. The summed E-state index contributed by atoms with van der Waals surface area (Å²) in [5.74, 6) is 0. The van der Waals surface area contributed by atoms with E-state index in [-0.39, 0.29) is 12.1 Å². The predicted molar refractivity (Wildman–Crippen MR) is 56.3 cm³/mol. The van der Waals surface area contributed by atoms with Gasteiger partial charge in [-0.2, -0.15) is 0 Å². The maximum Gasteiger partial charge on any atom is 0.320 e. The van der Waals surface area contributed by atoms with Gasteiger partial charge in [-0.05, 0) is 13.3 Å². The molecule has 2 N–H and O–H groups in total. The third kappa shape index (κ3) is 3.53. The quantitative estimate of drug-likeness (QED) is 0.745. The summed E-state index contributed by atoms with van der Waals surface area (Å²) in [6.07, 6.45) is 4.01. The number of hydrogen-bond acceptors (Lipinski definition) is 4. The van der Waals surface area contributed by atoms with Crippen molar-refractivity contribution in [2.75, 3.05) is 5.32 Å². The Hall–Kier alpha value is -1.43. The van der Waals surface area contributed by atoms with Crippen LogP contribution in [0.5, 0.6) is 0 Å². The molecule has 0 aliphatic rings. The monoisotopic (exact) mass is 212 g/mol. The smallest absolute Gasteiger partial charge is 0.320 e. The molecule has 0 saturated carbocycles. The predicted octanol–water partition coefficient (Wildman–Crippen LogP) is 1.62. The van der Waals surface area contributed by atoms with Gasteiger partial charge in [-0.1, -0.05) is 10.6 Å². The molecule has 1 heterocycles. The highest BCUT2D eigenvalue weighted by atomic mass is 32.1. The zero-order chi connectivity index (χ0) is 10.4. The molecule has 5 nitrogen and oxygen atoms in total. The van der Waals surface area contributed by atoms with E-state index in [1.54, 1.807) is 6.08 Å². The van der Waals surface area contributed by atoms with Crippen LogP contribution in [0.1, 0.15) is 13.3 Å². The van der Waals surface area contributed by atoms with Crippen molar-refractivity contribution in [3.8, 4) is 0 Å². The summed E-state index contributed by atoms with van der Waals surface area (Å²) in [4.78, 5) is 11.3. The minimum absolute atomic E-state index is 0.0772. The van der Waals surface area contributed by atoms with Crippen LogP contribution in [0.4, 0.5) is 9.80 Å². The number of urea groups is 1. The van der Waals surface area contributed by atoms with Crippen molar-refractivity contribution in [3.05, 3.63) is 18.9 Å². The average Bonchev–Trinajstić information content (AvgIpc) is 2.56. The topological polar surface area (TPSA) is 66.9 Å². The third-order valence-electron chi connectivity index (χ3n) is 1.50. The van der Waals surface area contributed by atoms with Crippen LogP contribution in [0.25, 0.3) is 0 Å². The molecule has 0 spiro atoms. The normalized spacial score (nSPS) is 11.8. The number of anilines is 1. The van der Waals surface area contributed by atoms with E-state index in [2.05, 4.69) is 26.8 Å². The minimum Gasteiger partial charge on any atom is -0.335 e.